The minimum absolute atomic E-state index is 0.0778. The average molecular weight is 354 g/mol. The fraction of sp³-hybridized carbons (Fsp3) is 0.562. The first kappa shape index (κ1) is 16.1. The molecule has 0 radical (unpaired) electrons. The first-order valence-corrected chi connectivity index (χ1v) is 8.13. The molecular weight excluding hydrogens is 334 g/mol. The summed E-state index contributed by atoms with van der Waals surface area (Å²) in [6.07, 6.45) is 2.89. The Bertz CT molecular complexity index is 556. The zero-order chi connectivity index (χ0) is 15.6. The monoisotopic (exact) mass is 353 g/mol. The summed E-state index contributed by atoms with van der Waals surface area (Å²) in [5.41, 5.74) is 0.759. The third-order valence-electron chi connectivity index (χ3n) is 4.46. The van der Waals surface area contributed by atoms with Crippen LogP contribution in [0.15, 0.2) is 22.7 Å². The van der Waals surface area contributed by atoms with E-state index in [-0.39, 0.29) is 22.3 Å². The topological polar surface area (TPSA) is 60.2 Å². The van der Waals surface area contributed by atoms with Crippen LogP contribution in [0.5, 0.6) is 0 Å². The van der Waals surface area contributed by atoms with E-state index in [4.69, 9.17) is 0 Å². The SMILES string of the molecule is CC(C)C1CCC(=O)C(Cc2ccc(Br)cc2[N+](=O)[O-])C1. The molecule has 1 fully saturated rings. The first-order chi connectivity index (χ1) is 9.88. The number of carbonyl (C=O) groups is 1. The highest BCUT2D eigenvalue weighted by Gasteiger charge is 2.31. The molecule has 0 bridgehead atoms. The Kier molecular flexibility index (Phi) is 5.14. The van der Waals surface area contributed by atoms with E-state index in [0.29, 0.717) is 34.7 Å². The molecule has 2 atom stereocenters. The van der Waals surface area contributed by atoms with Crippen molar-refractivity contribution in [3.63, 3.8) is 0 Å². The number of halogens is 1. The van der Waals surface area contributed by atoms with Crippen LogP contribution in [0.2, 0.25) is 0 Å². The van der Waals surface area contributed by atoms with E-state index in [1.54, 1.807) is 12.1 Å². The van der Waals surface area contributed by atoms with Gasteiger partial charge in [0.25, 0.3) is 5.69 Å². The maximum atomic E-state index is 12.1. The highest BCUT2D eigenvalue weighted by Crippen LogP contribution is 2.35. The summed E-state index contributed by atoms with van der Waals surface area (Å²) in [7, 11) is 0. The Balaban J connectivity index is 2.20. The van der Waals surface area contributed by atoms with E-state index in [2.05, 4.69) is 29.8 Å². The van der Waals surface area contributed by atoms with Crippen molar-refractivity contribution in [1.29, 1.82) is 0 Å². The second-order valence-corrected chi connectivity index (χ2v) is 7.09. The van der Waals surface area contributed by atoms with Crippen LogP contribution in [0.4, 0.5) is 5.69 Å². The van der Waals surface area contributed by atoms with Crippen LogP contribution < -0.4 is 0 Å². The van der Waals surface area contributed by atoms with Crippen LogP contribution in [0, 0.1) is 27.9 Å². The number of nitro benzene ring substituents is 1. The summed E-state index contributed by atoms with van der Waals surface area (Å²) in [4.78, 5) is 22.9. The van der Waals surface area contributed by atoms with Gasteiger partial charge in [-0.05, 0) is 37.2 Å². The lowest BCUT2D eigenvalue weighted by atomic mass is 9.73. The number of hydrogen-bond donors (Lipinski definition) is 0. The standard InChI is InChI=1S/C16H20BrNO3/c1-10(2)11-4-6-16(19)13(7-11)8-12-3-5-14(17)9-15(12)18(20)21/h3,5,9-11,13H,4,6-8H2,1-2H3. The second kappa shape index (κ2) is 6.69. The Morgan fingerprint density at radius 3 is 2.76 bits per heavy atom. The van der Waals surface area contributed by atoms with Crippen LogP contribution >= 0.6 is 15.9 Å². The van der Waals surface area contributed by atoms with E-state index in [1.807, 2.05) is 0 Å². The highest BCUT2D eigenvalue weighted by atomic mass is 79.9. The van der Waals surface area contributed by atoms with Crippen LogP contribution in [-0.2, 0) is 11.2 Å². The summed E-state index contributed by atoms with van der Waals surface area (Å²) < 4.78 is 0.688. The summed E-state index contributed by atoms with van der Waals surface area (Å²) in [6.45, 7) is 4.36. The lowest BCUT2D eigenvalue weighted by molar-refractivity contribution is -0.385. The Morgan fingerprint density at radius 1 is 1.43 bits per heavy atom. The highest BCUT2D eigenvalue weighted by molar-refractivity contribution is 9.10. The molecule has 1 aliphatic rings. The largest absolute Gasteiger partial charge is 0.299 e. The lowest BCUT2D eigenvalue weighted by Gasteiger charge is -2.30. The molecule has 0 aliphatic heterocycles. The lowest BCUT2D eigenvalue weighted by Crippen LogP contribution is -2.29. The molecule has 1 aliphatic carbocycles. The van der Waals surface area contributed by atoms with Gasteiger partial charge in [0.1, 0.15) is 5.78 Å². The summed E-state index contributed by atoms with van der Waals surface area (Å²) in [5.74, 6) is 1.28. The van der Waals surface area contributed by atoms with Crippen LogP contribution in [0.3, 0.4) is 0 Å². The molecule has 2 rings (SSSR count). The van der Waals surface area contributed by atoms with E-state index < -0.39 is 0 Å². The van der Waals surface area contributed by atoms with Crippen molar-refractivity contribution in [2.75, 3.05) is 0 Å². The zero-order valence-corrected chi connectivity index (χ0v) is 13.9. The molecular formula is C16H20BrNO3. The number of Topliss-reactive ketones (excluding diaryl/α,β-unsaturated/α-hetero) is 1. The van der Waals surface area contributed by atoms with Gasteiger partial charge in [-0.25, -0.2) is 0 Å². The normalized spacial score (nSPS) is 22.6. The van der Waals surface area contributed by atoms with E-state index in [1.165, 1.54) is 6.07 Å². The molecule has 0 saturated heterocycles. The Morgan fingerprint density at radius 2 is 2.14 bits per heavy atom. The van der Waals surface area contributed by atoms with Gasteiger partial charge in [0.05, 0.1) is 4.92 Å². The van der Waals surface area contributed by atoms with Crippen LogP contribution in [0.1, 0.15) is 38.7 Å². The fourth-order valence-electron chi connectivity index (χ4n) is 3.09. The van der Waals surface area contributed by atoms with Crippen molar-refractivity contribution in [2.24, 2.45) is 17.8 Å². The summed E-state index contributed by atoms with van der Waals surface area (Å²) in [5, 5.41) is 11.2. The Hall–Kier alpha value is -1.23. The van der Waals surface area contributed by atoms with E-state index in [0.717, 1.165) is 12.8 Å². The molecule has 1 saturated carbocycles. The maximum absolute atomic E-state index is 12.1. The maximum Gasteiger partial charge on any atom is 0.273 e. The van der Waals surface area contributed by atoms with Crippen molar-refractivity contribution in [3.8, 4) is 0 Å². The molecule has 0 spiro atoms. The molecule has 5 heteroatoms. The average Bonchev–Trinajstić information content (AvgIpc) is 2.42. The number of ketones is 1. The summed E-state index contributed by atoms with van der Waals surface area (Å²) >= 11 is 3.26. The minimum atomic E-state index is -0.368. The number of carbonyl (C=O) groups excluding carboxylic acids is 1. The van der Waals surface area contributed by atoms with Crippen LogP contribution in [0.25, 0.3) is 0 Å². The molecule has 2 unspecified atom stereocenters. The predicted octanol–water partition coefficient (Wildman–Crippen LogP) is 4.54. The molecule has 0 heterocycles. The number of rotatable bonds is 4. The third kappa shape index (κ3) is 3.90. The van der Waals surface area contributed by atoms with Gasteiger partial charge in [-0.15, -0.1) is 0 Å². The van der Waals surface area contributed by atoms with Crippen molar-refractivity contribution >= 4 is 27.4 Å². The third-order valence-corrected chi connectivity index (χ3v) is 4.95. The van der Waals surface area contributed by atoms with Crippen molar-refractivity contribution in [3.05, 3.63) is 38.3 Å². The molecule has 1 aromatic rings. The zero-order valence-electron chi connectivity index (χ0n) is 12.3. The van der Waals surface area contributed by atoms with Gasteiger partial charge in [-0.3, -0.25) is 14.9 Å². The van der Waals surface area contributed by atoms with Gasteiger partial charge in [0.2, 0.25) is 0 Å². The first-order valence-electron chi connectivity index (χ1n) is 7.34. The Labute approximate surface area is 133 Å². The quantitative estimate of drug-likeness (QED) is 0.589. The van der Waals surface area contributed by atoms with Gasteiger partial charge in [-0.1, -0.05) is 35.8 Å². The number of nitrogens with zero attached hydrogens (tertiary/aromatic N) is 1. The molecule has 21 heavy (non-hydrogen) atoms. The van der Waals surface area contributed by atoms with E-state index >= 15 is 0 Å². The van der Waals surface area contributed by atoms with Gasteiger partial charge in [-0.2, -0.15) is 0 Å². The summed E-state index contributed by atoms with van der Waals surface area (Å²) in [6, 6.07) is 5.08. The number of benzene rings is 1. The van der Waals surface area contributed by atoms with Gasteiger partial charge in [0, 0.05) is 28.4 Å². The number of nitro groups is 1. The molecule has 0 amide bonds. The minimum Gasteiger partial charge on any atom is -0.299 e. The van der Waals surface area contributed by atoms with Crippen molar-refractivity contribution in [2.45, 2.75) is 39.5 Å². The smallest absolute Gasteiger partial charge is 0.273 e. The molecule has 4 nitrogen and oxygen atoms in total. The van der Waals surface area contributed by atoms with Crippen molar-refractivity contribution < 1.29 is 9.72 Å². The molecule has 0 N–H and O–H groups in total. The number of hydrogen-bond acceptors (Lipinski definition) is 3. The molecule has 1 aromatic carbocycles. The molecule has 0 aromatic heterocycles. The molecule has 114 valence electrons. The second-order valence-electron chi connectivity index (χ2n) is 6.18. The van der Waals surface area contributed by atoms with Gasteiger partial charge in [0.15, 0.2) is 0 Å². The van der Waals surface area contributed by atoms with E-state index in [9.17, 15) is 14.9 Å². The van der Waals surface area contributed by atoms with Gasteiger partial charge < -0.3 is 0 Å². The van der Waals surface area contributed by atoms with Gasteiger partial charge >= 0.3 is 0 Å². The predicted molar refractivity (Wildman–Crippen MR) is 85.2 cm³/mol. The van der Waals surface area contributed by atoms with Crippen LogP contribution in [-0.4, -0.2) is 10.7 Å². The van der Waals surface area contributed by atoms with Crippen molar-refractivity contribution in [1.82, 2.24) is 0 Å². The fourth-order valence-corrected chi connectivity index (χ4v) is 3.44.